The molecule has 0 aromatic carbocycles. The smallest absolute Gasteiger partial charge is 0.0275 e. The van der Waals surface area contributed by atoms with Gasteiger partial charge in [-0.25, -0.2) is 0 Å². The maximum atomic E-state index is 3.58. The molecule has 0 radical (unpaired) electrons. The zero-order valence-corrected chi connectivity index (χ0v) is 13.5. The first kappa shape index (κ1) is 19.0. The molecule has 114 valence electrons. The van der Waals surface area contributed by atoms with Gasteiger partial charge in [0, 0.05) is 0 Å². The van der Waals surface area contributed by atoms with E-state index in [0.717, 1.165) is 12.8 Å². The summed E-state index contributed by atoms with van der Waals surface area (Å²) in [5.41, 5.74) is 5.67. The average Bonchev–Trinajstić information content (AvgIpc) is 2.47. The van der Waals surface area contributed by atoms with Crippen LogP contribution in [0, 0.1) is 0 Å². The minimum absolute atomic E-state index is 1.16. The first-order valence-electron chi connectivity index (χ1n) is 8.60. The van der Waals surface area contributed by atoms with E-state index in [1.807, 2.05) is 12.2 Å². The molecular weight excluding hydrogens is 240 g/mol. The van der Waals surface area contributed by atoms with Crippen molar-refractivity contribution in [1.82, 2.24) is 0 Å². The first-order valence-corrected chi connectivity index (χ1v) is 8.60. The minimum atomic E-state index is 1.16. The summed E-state index contributed by atoms with van der Waals surface area (Å²) in [5, 5.41) is 0. The van der Waals surface area contributed by atoms with E-state index < -0.39 is 0 Å². The maximum absolute atomic E-state index is 3.58. The van der Waals surface area contributed by atoms with Gasteiger partial charge in [-0.05, 0) is 37.8 Å². The molecule has 0 amide bonds. The van der Waals surface area contributed by atoms with Crippen LogP contribution in [0.4, 0.5) is 0 Å². The van der Waals surface area contributed by atoms with Crippen LogP contribution in [0.2, 0.25) is 0 Å². The van der Waals surface area contributed by atoms with Crippen molar-refractivity contribution in [2.24, 2.45) is 0 Å². The highest BCUT2D eigenvalue weighted by Gasteiger charge is 1.93. The van der Waals surface area contributed by atoms with Gasteiger partial charge < -0.3 is 0 Å². The molecule has 0 atom stereocenters. The second kappa shape index (κ2) is 18.0. The SMILES string of the molecule is C=C=CCCCCCCCCCCCCCCC=C=C. The van der Waals surface area contributed by atoms with Crippen LogP contribution in [0.1, 0.15) is 89.9 Å². The predicted molar refractivity (Wildman–Crippen MR) is 92.1 cm³/mol. The molecule has 0 aliphatic rings. The zero-order chi connectivity index (χ0) is 14.7. The molecule has 0 aliphatic carbocycles. The Hall–Kier alpha value is -0.960. The zero-order valence-electron chi connectivity index (χ0n) is 13.5. The topological polar surface area (TPSA) is 0 Å². The Morgan fingerprint density at radius 3 is 0.950 bits per heavy atom. The Bertz CT molecular complexity index is 244. The number of allylic oxidation sites excluding steroid dienone is 2. The molecule has 0 heteroatoms. The fourth-order valence-electron chi connectivity index (χ4n) is 2.46. The lowest BCUT2D eigenvalue weighted by Gasteiger charge is -2.02. The van der Waals surface area contributed by atoms with Crippen LogP contribution >= 0.6 is 0 Å². The van der Waals surface area contributed by atoms with Crippen LogP contribution in [0.5, 0.6) is 0 Å². The van der Waals surface area contributed by atoms with Gasteiger partial charge in [0.05, 0.1) is 0 Å². The number of rotatable bonds is 15. The van der Waals surface area contributed by atoms with Crippen molar-refractivity contribution in [2.45, 2.75) is 89.9 Å². The summed E-state index contributed by atoms with van der Waals surface area (Å²) in [6.45, 7) is 7.16. The van der Waals surface area contributed by atoms with Gasteiger partial charge in [-0.3, -0.25) is 0 Å². The summed E-state index contributed by atoms with van der Waals surface area (Å²) in [5.74, 6) is 0. The van der Waals surface area contributed by atoms with Crippen LogP contribution < -0.4 is 0 Å². The Morgan fingerprint density at radius 2 is 0.700 bits per heavy atom. The molecule has 20 heavy (non-hydrogen) atoms. The van der Waals surface area contributed by atoms with Crippen LogP contribution in [-0.2, 0) is 0 Å². The first-order chi connectivity index (χ1) is 9.91. The van der Waals surface area contributed by atoms with Crippen LogP contribution in [0.15, 0.2) is 36.8 Å². The van der Waals surface area contributed by atoms with Gasteiger partial charge in [0.2, 0.25) is 0 Å². The molecule has 0 saturated heterocycles. The van der Waals surface area contributed by atoms with E-state index in [9.17, 15) is 0 Å². The lowest BCUT2D eigenvalue weighted by molar-refractivity contribution is 0.542. The summed E-state index contributed by atoms with van der Waals surface area (Å²) < 4.78 is 0. The van der Waals surface area contributed by atoms with Crippen LogP contribution in [-0.4, -0.2) is 0 Å². The summed E-state index contributed by atoms with van der Waals surface area (Å²) in [6, 6.07) is 0. The summed E-state index contributed by atoms with van der Waals surface area (Å²) in [6.07, 6.45) is 23.2. The third-order valence-electron chi connectivity index (χ3n) is 3.74. The Morgan fingerprint density at radius 1 is 0.450 bits per heavy atom. The second-order valence-corrected chi connectivity index (χ2v) is 5.64. The van der Waals surface area contributed by atoms with E-state index in [4.69, 9.17) is 0 Å². The molecule has 0 fully saturated rings. The molecule has 0 saturated carbocycles. The van der Waals surface area contributed by atoms with E-state index in [1.54, 1.807) is 0 Å². The minimum Gasteiger partial charge on any atom is -0.133 e. The van der Waals surface area contributed by atoms with Crippen molar-refractivity contribution in [3.05, 3.63) is 36.8 Å². The lowest BCUT2D eigenvalue weighted by Crippen LogP contribution is -1.82. The van der Waals surface area contributed by atoms with Gasteiger partial charge in [0.15, 0.2) is 0 Å². The molecule has 0 N–H and O–H groups in total. The van der Waals surface area contributed by atoms with Crippen LogP contribution in [0.3, 0.4) is 0 Å². The van der Waals surface area contributed by atoms with E-state index in [0.29, 0.717) is 0 Å². The number of hydrogen-bond acceptors (Lipinski definition) is 0. The largest absolute Gasteiger partial charge is 0.133 e. The Kier molecular flexibility index (Phi) is 17.2. The highest BCUT2D eigenvalue weighted by Crippen LogP contribution is 2.13. The third-order valence-corrected chi connectivity index (χ3v) is 3.74. The van der Waals surface area contributed by atoms with Gasteiger partial charge in [-0.15, -0.1) is 11.5 Å². The number of unbranched alkanes of at least 4 members (excludes halogenated alkanes) is 13. The van der Waals surface area contributed by atoms with Gasteiger partial charge in [0.1, 0.15) is 0 Å². The number of hydrogen-bond donors (Lipinski definition) is 0. The van der Waals surface area contributed by atoms with Crippen LogP contribution in [0.25, 0.3) is 0 Å². The predicted octanol–water partition coefficient (Wildman–Crippen LogP) is 7.13. The maximum Gasteiger partial charge on any atom is -0.0275 e. The molecule has 0 unspecified atom stereocenters. The standard InChI is InChI=1S/C20H34/c1-3-5-7-9-11-13-15-17-19-20-18-16-14-12-10-8-6-4-2/h5-6H,1-2,7-20H2. The average molecular weight is 274 g/mol. The van der Waals surface area contributed by atoms with Crippen molar-refractivity contribution in [1.29, 1.82) is 0 Å². The fourth-order valence-corrected chi connectivity index (χ4v) is 2.46. The summed E-state index contributed by atoms with van der Waals surface area (Å²) in [7, 11) is 0. The van der Waals surface area contributed by atoms with Gasteiger partial charge in [0.25, 0.3) is 0 Å². The highest BCUT2D eigenvalue weighted by molar-refractivity contribution is 4.75. The second-order valence-electron chi connectivity index (χ2n) is 5.64. The molecule has 0 rings (SSSR count). The van der Waals surface area contributed by atoms with Crippen molar-refractivity contribution < 1.29 is 0 Å². The summed E-state index contributed by atoms with van der Waals surface area (Å²) in [4.78, 5) is 0. The molecule has 0 nitrogen and oxygen atoms in total. The Balaban J connectivity index is 2.99. The molecule has 0 aromatic heterocycles. The van der Waals surface area contributed by atoms with Crippen molar-refractivity contribution in [3.8, 4) is 0 Å². The molecule has 0 heterocycles. The van der Waals surface area contributed by atoms with E-state index in [1.165, 1.54) is 77.0 Å². The third kappa shape index (κ3) is 17.0. The van der Waals surface area contributed by atoms with E-state index in [2.05, 4.69) is 24.6 Å². The quantitative estimate of drug-likeness (QED) is 0.220. The molecule has 0 aliphatic heterocycles. The molecule has 0 aromatic rings. The molecule has 0 spiro atoms. The molecular formula is C20H34. The fraction of sp³-hybridized carbons (Fsp3) is 0.700. The van der Waals surface area contributed by atoms with Gasteiger partial charge >= 0.3 is 0 Å². The van der Waals surface area contributed by atoms with Crippen molar-refractivity contribution in [2.75, 3.05) is 0 Å². The van der Waals surface area contributed by atoms with E-state index in [-0.39, 0.29) is 0 Å². The van der Waals surface area contributed by atoms with E-state index >= 15 is 0 Å². The monoisotopic (exact) mass is 274 g/mol. The van der Waals surface area contributed by atoms with Gasteiger partial charge in [-0.1, -0.05) is 77.4 Å². The summed E-state index contributed by atoms with van der Waals surface area (Å²) >= 11 is 0. The lowest BCUT2D eigenvalue weighted by atomic mass is 10.0. The highest BCUT2D eigenvalue weighted by atomic mass is 14.0. The normalized spacial score (nSPS) is 9.80. The van der Waals surface area contributed by atoms with Gasteiger partial charge in [-0.2, -0.15) is 0 Å². The van der Waals surface area contributed by atoms with Crippen molar-refractivity contribution >= 4 is 0 Å². The Labute approximate surface area is 127 Å². The van der Waals surface area contributed by atoms with Crippen molar-refractivity contribution in [3.63, 3.8) is 0 Å². The molecule has 0 bridgehead atoms.